The molecule has 1 atom stereocenters. The van der Waals surface area contributed by atoms with Gasteiger partial charge in [0.05, 0.1) is 12.8 Å². The largest absolute Gasteiger partial charge is 0.497 e. The summed E-state index contributed by atoms with van der Waals surface area (Å²) >= 11 is 0. The first kappa shape index (κ1) is 8.90. The summed E-state index contributed by atoms with van der Waals surface area (Å²) in [5, 5.41) is 6.06. The first-order chi connectivity index (χ1) is 6.79. The average molecular weight is 191 g/mol. The van der Waals surface area contributed by atoms with Crippen molar-refractivity contribution in [1.29, 1.82) is 0 Å². The van der Waals surface area contributed by atoms with Crippen LogP contribution >= 0.6 is 0 Å². The minimum absolute atomic E-state index is 0.198. The number of methoxy groups -OCH3 is 1. The van der Waals surface area contributed by atoms with Gasteiger partial charge in [-0.1, -0.05) is 12.1 Å². The fourth-order valence-corrected chi connectivity index (χ4v) is 1.38. The highest BCUT2D eigenvalue weighted by atomic mass is 16.5. The van der Waals surface area contributed by atoms with Crippen molar-refractivity contribution in [1.82, 2.24) is 10.6 Å². The molecule has 0 bridgehead atoms. The quantitative estimate of drug-likeness (QED) is 0.634. The van der Waals surface area contributed by atoms with Crippen LogP contribution in [0, 0.1) is 0 Å². The van der Waals surface area contributed by atoms with Gasteiger partial charge in [0.2, 0.25) is 0 Å². The van der Waals surface area contributed by atoms with Crippen LogP contribution in [0.25, 0.3) is 5.70 Å². The van der Waals surface area contributed by atoms with Crippen LogP contribution in [0.5, 0.6) is 5.75 Å². The topological polar surface area (TPSA) is 59.3 Å². The average Bonchev–Trinajstić information content (AvgIpc) is 2.65. The monoisotopic (exact) mass is 191 g/mol. The third-order valence-corrected chi connectivity index (χ3v) is 2.10. The van der Waals surface area contributed by atoms with Gasteiger partial charge in [-0.25, -0.2) is 0 Å². The molecule has 1 aliphatic heterocycles. The minimum atomic E-state index is -0.198. The lowest BCUT2D eigenvalue weighted by Gasteiger charge is -2.08. The molecule has 14 heavy (non-hydrogen) atoms. The summed E-state index contributed by atoms with van der Waals surface area (Å²) in [6.07, 6.45) is 1.66. The van der Waals surface area contributed by atoms with Gasteiger partial charge in [0.25, 0.3) is 0 Å². The maximum absolute atomic E-state index is 5.63. The first-order valence-corrected chi connectivity index (χ1v) is 4.42. The minimum Gasteiger partial charge on any atom is -0.497 e. The number of nitrogens with one attached hydrogen (secondary N) is 2. The molecule has 2 rings (SSSR count). The molecule has 0 saturated heterocycles. The Morgan fingerprint density at radius 2 is 2.29 bits per heavy atom. The fourth-order valence-electron chi connectivity index (χ4n) is 1.38. The van der Waals surface area contributed by atoms with E-state index in [9.17, 15) is 0 Å². The SMILES string of the molecule is COc1cccc(C2=CNC(N)N2)c1. The van der Waals surface area contributed by atoms with Gasteiger partial charge in [0, 0.05) is 11.8 Å². The Morgan fingerprint density at radius 3 is 2.93 bits per heavy atom. The van der Waals surface area contributed by atoms with Crippen molar-refractivity contribution in [2.24, 2.45) is 5.73 Å². The summed E-state index contributed by atoms with van der Waals surface area (Å²) in [6.45, 7) is 0. The highest BCUT2D eigenvalue weighted by Gasteiger charge is 2.11. The molecule has 1 unspecified atom stereocenters. The van der Waals surface area contributed by atoms with Crippen LogP contribution in [-0.4, -0.2) is 13.4 Å². The molecule has 0 radical (unpaired) electrons. The molecule has 4 N–H and O–H groups in total. The highest BCUT2D eigenvalue weighted by molar-refractivity contribution is 5.66. The Balaban J connectivity index is 2.24. The number of benzene rings is 1. The normalized spacial score (nSPS) is 19.6. The van der Waals surface area contributed by atoms with Crippen molar-refractivity contribution < 1.29 is 4.74 Å². The van der Waals surface area contributed by atoms with E-state index in [1.54, 1.807) is 7.11 Å². The van der Waals surface area contributed by atoms with Crippen LogP contribution in [0.2, 0.25) is 0 Å². The van der Waals surface area contributed by atoms with E-state index >= 15 is 0 Å². The Hall–Kier alpha value is -1.68. The van der Waals surface area contributed by atoms with Crippen LogP contribution in [0.15, 0.2) is 30.5 Å². The lowest BCUT2D eigenvalue weighted by atomic mass is 10.1. The molecule has 0 saturated carbocycles. The van der Waals surface area contributed by atoms with Gasteiger partial charge >= 0.3 is 0 Å². The highest BCUT2D eigenvalue weighted by Crippen LogP contribution is 2.19. The van der Waals surface area contributed by atoms with Crippen molar-refractivity contribution in [3.8, 4) is 5.75 Å². The predicted molar refractivity (Wildman–Crippen MR) is 55.2 cm³/mol. The second-order valence-electron chi connectivity index (χ2n) is 3.08. The summed E-state index contributed by atoms with van der Waals surface area (Å²) in [6, 6.07) is 7.81. The van der Waals surface area contributed by atoms with E-state index in [0.29, 0.717) is 0 Å². The third-order valence-electron chi connectivity index (χ3n) is 2.10. The summed E-state index contributed by atoms with van der Waals surface area (Å²) < 4.78 is 5.13. The smallest absolute Gasteiger partial charge is 0.150 e. The first-order valence-electron chi connectivity index (χ1n) is 4.42. The second kappa shape index (κ2) is 3.59. The Morgan fingerprint density at radius 1 is 1.43 bits per heavy atom. The van der Waals surface area contributed by atoms with Gasteiger partial charge in [0.15, 0.2) is 0 Å². The van der Waals surface area contributed by atoms with Crippen LogP contribution in [0.3, 0.4) is 0 Å². The molecule has 4 heteroatoms. The van der Waals surface area contributed by atoms with E-state index in [-0.39, 0.29) is 6.29 Å². The van der Waals surface area contributed by atoms with E-state index in [4.69, 9.17) is 10.5 Å². The predicted octanol–water partition coefficient (Wildman–Crippen LogP) is 0.429. The van der Waals surface area contributed by atoms with E-state index in [1.807, 2.05) is 30.5 Å². The van der Waals surface area contributed by atoms with Crippen molar-refractivity contribution >= 4 is 5.70 Å². The molecular weight excluding hydrogens is 178 g/mol. The molecule has 1 aromatic carbocycles. The number of hydrogen-bond donors (Lipinski definition) is 3. The van der Waals surface area contributed by atoms with Gasteiger partial charge in [-0.15, -0.1) is 0 Å². The molecule has 1 aliphatic rings. The van der Waals surface area contributed by atoms with Gasteiger partial charge in [-0.3, -0.25) is 5.73 Å². The van der Waals surface area contributed by atoms with Gasteiger partial charge in [-0.2, -0.15) is 0 Å². The van der Waals surface area contributed by atoms with Crippen molar-refractivity contribution in [2.45, 2.75) is 6.29 Å². The maximum Gasteiger partial charge on any atom is 0.150 e. The Labute approximate surface area is 82.7 Å². The standard InChI is InChI=1S/C10H13N3O/c1-14-8-4-2-3-7(5-8)9-6-12-10(11)13-9/h2-6,10,12-13H,11H2,1H3. The van der Waals surface area contributed by atoms with Gasteiger partial charge < -0.3 is 15.4 Å². The molecule has 0 aromatic heterocycles. The molecule has 0 amide bonds. The van der Waals surface area contributed by atoms with E-state index in [1.165, 1.54) is 0 Å². The summed E-state index contributed by atoms with van der Waals surface area (Å²) in [5.41, 5.74) is 7.67. The summed E-state index contributed by atoms with van der Waals surface area (Å²) in [4.78, 5) is 0. The number of nitrogens with two attached hydrogens (primary N) is 1. The van der Waals surface area contributed by atoms with E-state index in [2.05, 4.69) is 10.6 Å². The lowest BCUT2D eigenvalue weighted by molar-refractivity contribution is 0.414. The van der Waals surface area contributed by atoms with E-state index < -0.39 is 0 Å². The maximum atomic E-state index is 5.63. The fraction of sp³-hybridized carbons (Fsp3) is 0.200. The molecule has 1 aromatic rings. The molecule has 74 valence electrons. The van der Waals surface area contributed by atoms with Gasteiger partial charge in [-0.05, 0) is 12.1 Å². The number of ether oxygens (including phenoxy) is 1. The second-order valence-corrected chi connectivity index (χ2v) is 3.08. The number of hydrogen-bond acceptors (Lipinski definition) is 4. The Bertz CT molecular complexity index is 362. The zero-order valence-electron chi connectivity index (χ0n) is 7.95. The Kier molecular flexibility index (Phi) is 2.28. The zero-order chi connectivity index (χ0) is 9.97. The molecule has 0 spiro atoms. The molecule has 0 aliphatic carbocycles. The van der Waals surface area contributed by atoms with Crippen LogP contribution in [0.1, 0.15) is 5.56 Å². The molecule has 4 nitrogen and oxygen atoms in total. The number of rotatable bonds is 2. The van der Waals surface area contributed by atoms with Crippen LogP contribution in [-0.2, 0) is 0 Å². The van der Waals surface area contributed by atoms with Crippen LogP contribution < -0.4 is 21.1 Å². The summed E-state index contributed by atoms with van der Waals surface area (Å²) in [7, 11) is 1.65. The summed E-state index contributed by atoms with van der Waals surface area (Å²) in [5.74, 6) is 0.839. The molecular formula is C10H13N3O. The zero-order valence-corrected chi connectivity index (χ0v) is 7.95. The molecule has 0 fully saturated rings. The third kappa shape index (κ3) is 1.65. The van der Waals surface area contributed by atoms with Crippen LogP contribution in [0.4, 0.5) is 0 Å². The lowest BCUT2D eigenvalue weighted by Crippen LogP contribution is -2.40. The van der Waals surface area contributed by atoms with Crippen molar-refractivity contribution in [3.05, 3.63) is 36.0 Å². The molecule has 1 heterocycles. The van der Waals surface area contributed by atoms with Crippen molar-refractivity contribution in [3.63, 3.8) is 0 Å². The van der Waals surface area contributed by atoms with Crippen molar-refractivity contribution in [2.75, 3.05) is 7.11 Å². The van der Waals surface area contributed by atoms with E-state index in [0.717, 1.165) is 17.0 Å². The van der Waals surface area contributed by atoms with Gasteiger partial charge in [0.1, 0.15) is 12.0 Å².